The Morgan fingerprint density at radius 1 is 1.08 bits per heavy atom. The van der Waals surface area contributed by atoms with Crippen LogP contribution in [0.3, 0.4) is 0 Å². The van der Waals surface area contributed by atoms with E-state index >= 15 is 0 Å². The Morgan fingerprint density at radius 3 is 2.08 bits per heavy atom. The van der Waals surface area contributed by atoms with Gasteiger partial charge in [-0.15, -0.1) is 0 Å². The molecule has 1 aromatic carbocycles. The van der Waals surface area contributed by atoms with Crippen LogP contribution in [0.25, 0.3) is 0 Å². The number of aryl methyl sites for hydroxylation is 1. The van der Waals surface area contributed by atoms with Gasteiger partial charge in [-0.2, -0.15) is 0 Å². The van der Waals surface area contributed by atoms with Gasteiger partial charge in [0.15, 0.2) is 0 Å². The molecule has 13 heavy (non-hydrogen) atoms. The van der Waals surface area contributed by atoms with Crippen molar-refractivity contribution in [3.8, 4) is 5.75 Å². The molecule has 0 aliphatic carbocycles. The summed E-state index contributed by atoms with van der Waals surface area (Å²) in [6.45, 7) is 3.88. The van der Waals surface area contributed by atoms with Gasteiger partial charge in [-0.05, 0) is 31.5 Å². The molecule has 72 valence electrons. The number of rotatable bonds is 1. The van der Waals surface area contributed by atoms with Crippen LogP contribution in [0.4, 0.5) is 5.69 Å². The molecule has 2 nitrogen and oxygen atoms in total. The van der Waals surface area contributed by atoms with Crippen LogP contribution in [0.15, 0.2) is 12.1 Å². The first kappa shape index (κ1) is 10.1. The van der Waals surface area contributed by atoms with E-state index in [-0.39, 0.29) is 0 Å². The predicted octanol–water partition coefficient (Wildman–Crippen LogP) is 2.21. The molecule has 0 aromatic heterocycles. The molecule has 1 rings (SSSR count). The second kappa shape index (κ2) is 3.04. The van der Waals surface area contributed by atoms with Gasteiger partial charge >= 0.3 is 0 Å². The third-order valence-corrected chi connectivity index (χ3v) is 2.33. The lowest BCUT2D eigenvalue weighted by atomic mass is 10.1. The van der Waals surface area contributed by atoms with Crippen LogP contribution >= 0.6 is 0 Å². The number of benzene rings is 1. The normalized spacial score (nSPS) is 11.8. The van der Waals surface area contributed by atoms with Crippen molar-refractivity contribution in [3.63, 3.8) is 0 Å². The summed E-state index contributed by atoms with van der Waals surface area (Å²) in [6.07, 6.45) is 0. The molecule has 0 atom stereocenters. The Balaban J connectivity index is 3.35. The van der Waals surface area contributed by atoms with Gasteiger partial charge in [-0.3, -0.25) is 4.48 Å². The highest BCUT2D eigenvalue weighted by Gasteiger charge is 2.18. The van der Waals surface area contributed by atoms with E-state index in [9.17, 15) is 5.11 Å². The van der Waals surface area contributed by atoms with Crippen LogP contribution in [0.1, 0.15) is 11.1 Å². The van der Waals surface area contributed by atoms with E-state index < -0.39 is 0 Å². The molecule has 2 heteroatoms. The first-order chi connectivity index (χ1) is 5.84. The topological polar surface area (TPSA) is 20.2 Å². The minimum atomic E-state index is 0.422. The summed E-state index contributed by atoms with van der Waals surface area (Å²) in [6, 6.07) is 4.03. The van der Waals surface area contributed by atoms with Crippen molar-refractivity contribution in [1.82, 2.24) is 4.48 Å². The van der Waals surface area contributed by atoms with E-state index in [2.05, 4.69) is 27.2 Å². The molecule has 0 saturated carbocycles. The number of hydrogen-bond donors (Lipinski definition) is 1. The fraction of sp³-hybridized carbons (Fsp3) is 0.455. The zero-order valence-electron chi connectivity index (χ0n) is 9.05. The number of nitrogens with zero attached hydrogens (tertiary/aromatic N) is 1. The maximum Gasteiger partial charge on any atom is 0.138 e. The Hall–Kier alpha value is -1.02. The molecule has 0 aliphatic rings. The Labute approximate surface area is 80.0 Å². The highest BCUT2D eigenvalue weighted by Crippen LogP contribution is 2.31. The van der Waals surface area contributed by atoms with Gasteiger partial charge in [0.1, 0.15) is 11.4 Å². The minimum absolute atomic E-state index is 0.422. The summed E-state index contributed by atoms with van der Waals surface area (Å²) < 4.78 is 0.736. The Bertz CT molecular complexity index is 324. The van der Waals surface area contributed by atoms with Crippen molar-refractivity contribution in [3.05, 3.63) is 23.3 Å². The monoisotopic (exact) mass is 180 g/mol. The number of quaternary nitrogens is 1. The van der Waals surface area contributed by atoms with Gasteiger partial charge in [0, 0.05) is 0 Å². The van der Waals surface area contributed by atoms with Crippen LogP contribution in [0, 0.1) is 13.8 Å². The summed E-state index contributed by atoms with van der Waals surface area (Å²) in [5, 5.41) is 9.74. The zero-order valence-corrected chi connectivity index (χ0v) is 9.05. The predicted molar refractivity (Wildman–Crippen MR) is 57.1 cm³/mol. The summed E-state index contributed by atoms with van der Waals surface area (Å²) in [5.74, 6) is 0.422. The maximum atomic E-state index is 9.74. The van der Waals surface area contributed by atoms with Gasteiger partial charge < -0.3 is 5.11 Å². The van der Waals surface area contributed by atoms with Crippen molar-refractivity contribution in [2.45, 2.75) is 13.8 Å². The van der Waals surface area contributed by atoms with Crippen LogP contribution in [-0.4, -0.2) is 26.2 Å². The second-order valence-electron chi connectivity index (χ2n) is 4.39. The van der Waals surface area contributed by atoms with E-state index in [0.717, 1.165) is 21.3 Å². The van der Waals surface area contributed by atoms with Crippen LogP contribution in [0.2, 0.25) is 0 Å². The van der Waals surface area contributed by atoms with Crippen molar-refractivity contribution < 1.29 is 5.11 Å². The fourth-order valence-electron chi connectivity index (χ4n) is 1.55. The summed E-state index contributed by atoms with van der Waals surface area (Å²) >= 11 is 0. The molecule has 0 saturated heterocycles. The lowest BCUT2D eigenvalue weighted by Crippen LogP contribution is -2.35. The van der Waals surface area contributed by atoms with Gasteiger partial charge in [-0.1, -0.05) is 0 Å². The molecule has 0 bridgehead atoms. The summed E-state index contributed by atoms with van der Waals surface area (Å²) in [5.41, 5.74) is 3.07. The van der Waals surface area contributed by atoms with E-state index in [1.165, 1.54) is 0 Å². The molecule has 1 aromatic rings. The summed E-state index contributed by atoms with van der Waals surface area (Å²) in [4.78, 5) is 0. The van der Waals surface area contributed by atoms with Gasteiger partial charge in [-0.25, -0.2) is 0 Å². The molecule has 0 radical (unpaired) electrons. The van der Waals surface area contributed by atoms with Crippen molar-refractivity contribution in [2.24, 2.45) is 0 Å². The van der Waals surface area contributed by atoms with E-state index in [4.69, 9.17) is 0 Å². The van der Waals surface area contributed by atoms with Gasteiger partial charge in [0.25, 0.3) is 0 Å². The summed E-state index contributed by atoms with van der Waals surface area (Å²) in [7, 11) is 6.28. The van der Waals surface area contributed by atoms with Crippen LogP contribution in [-0.2, 0) is 0 Å². The molecule has 1 N–H and O–H groups in total. The average molecular weight is 180 g/mol. The highest BCUT2D eigenvalue weighted by atomic mass is 16.3. The number of aromatic hydroxyl groups is 1. The fourth-order valence-corrected chi connectivity index (χ4v) is 1.55. The molecule has 0 heterocycles. The van der Waals surface area contributed by atoms with E-state index in [1.807, 2.05) is 19.9 Å². The molecule has 0 amide bonds. The second-order valence-corrected chi connectivity index (χ2v) is 4.39. The first-order valence-corrected chi connectivity index (χ1v) is 4.45. The van der Waals surface area contributed by atoms with Crippen molar-refractivity contribution in [1.29, 1.82) is 0 Å². The lowest BCUT2D eigenvalue weighted by molar-refractivity contribution is 0.451. The smallest absolute Gasteiger partial charge is 0.138 e. The number of phenolic OH excluding ortho intramolecular Hbond substituents is 1. The molecular weight excluding hydrogens is 162 g/mol. The quantitative estimate of drug-likeness (QED) is 0.657. The molecular formula is C11H18NO+. The standard InChI is InChI=1S/C11H17NO/c1-8-6-7-10(12(3,4)5)9(2)11(8)13/h6-7H,1-5H3/p+1. The minimum Gasteiger partial charge on any atom is -0.507 e. The molecule has 0 aliphatic heterocycles. The number of phenols is 1. The highest BCUT2D eigenvalue weighted by molar-refractivity contribution is 5.57. The zero-order chi connectivity index (χ0) is 10.2. The third-order valence-electron chi connectivity index (χ3n) is 2.33. The largest absolute Gasteiger partial charge is 0.507 e. The van der Waals surface area contributed by atoms with E-state index in [1.54, 1.807) is 0 Å². The van der Waals surface area contributed by atoms with Gasteiger partial charge in [0.2, 0.25) is 0 Å². The third kappa shape index (κ3) is 1.83. The lowest BCUT2D eigenvalue weighted by Gasteiger charge is -2.25. The van der Waals surface area contributed by atoms with Crippen molar-refractivity contribution >= 4 is 5.69 Å². The first-order valence-electron chi connectivity index (χ1n) is 4.45. The Kier molecular flexibility index (Phi) is 2.35. The number of hydrogen-bond acceptors (Lipinski definition) is 1. The molecule has 0 spiro atoms. The molecule has 0 fully saturated rings. The van der Waals surface area contributed by atoms with Crippen molar-refractivity contribution in [2.75, 3.05) is 21.1 Å². The SMILES string of the molecule is Cc1ccc([N+](C)(C)C)c(C)c1O. The van der Waals surface area contributed by atoms with Crippen LogP contribution in [0.5, 0.6) is 5.75 Å². The maximum absolute atomic E-state index is 9.74. The van der Waals surface area contributed by atoms with E-state index in [0.29, 0.717) is 5.75 Å². The van der Waals surface area contributed by atoms with Crippen LogP contribution < -0.4 is 4.48 Å². The average Bonchev–Trinajstić information content (AvgIpc) is 1.98. The van der Waals surface area contributed by atoms with Gasteiger partial charge in [0.05, 0.1) is 26.7 Å². The molecule has 0 unspecified atom stereocenters. The Morgan fingerprint density at radius 2 is 1.62 bits per heavy atom.